The van der Waals surface area contributed by atoms with Crippen LogP contribution in [0.25, 0.3) is 11.3 Å². The highest BCUT2D eigenvalue weighted by Gasteiger charge is 2.14. The molecule has 2 aromatic carbocycles. The molecular formula is C29H34N6O4. The number of aromatic nitrogens is 2. The van der Waals surface area contributed by atoms with Crippen LogP contribution in [0.1, 0.15) is 25.8 Å². The third-order valence-corrected chi connectivity index (χ3v) is 6.27. The third kappa shape index (κ3) is 7.66. The lowest BCUT2D eigenvalue weighted by Gasteiger charge is -2.26. The summed E-state index contributed by atoms with van der Waals surface area (Å²) < 4.78 is 16.9. The third-order valence-electron chi connectivity index (χ3n) is 6.27. The Morgan fingerprint density at radius 1 is 1.15 bits per heavy atom. The molecule has 2 heterocycles. The molecule has 204 valence electrons. The average molecular weight is 531 g/mol. The standard InChI is InChI=1S/C29H34N6O4/c1-20(2)28(36)33-24-7-5-21(17-22(24)19-30)25-9-10-31-29(34-25)32-23-6-8-26(37-3)27(18-23)39-14-4-11-35-12-15-38-16-13-35/h5-10,17-18,20H,4,11-16H2,1-3H3,(H,33,36)(H,31,32,34). The molecule has 4 rings (SSSR count). The van der Waals surface area contributed by atoms with Gasteiger partial charge in [-0.1, -0.05) is 19.9 Å². The molecular weight excluding hydrogens is 496 g/mol. The number of hydrogen-bond donors (Lipinski definition) is 2. The zero-order valence-electron chi connectivity index (χ0n) is 22.6. The van der Waals surface area contributed by atoms with Gasteiger partial charge < -0.3 is 24.8 Å². The fourth-order valence-corrected chi connectivity index (χ4v) is 4.05. The smallest absolute Gasteiger partial charge is 0.227 e. The van der Waals surface area contributed by atoms with E-state index in [4.69, 9.17) is 14.2 Å². The number of anilines is 3. The fourth-order valence-electron chi connectivity index (χ4n) is 4.05. The molecule has 2 N–H and O–H groups in total. The van der Waals surface area contributed by atoms with Gasteiger partial charge >= 0.3 is 0 Å². The fraction of sp³-hybridized carbons (Fsp3) is 0.379. The molecule has 39 heavy (non-hydrogen) atoms. The Bertz CT molecular complexity index is 1320. The predicted octanol–water partition coefficient (Wildman–Crippen LogP) is 4.46. The maximum Gasteiger partial charge on any atom is 0.227 e. The van der Waals surface area contributed by atoms with Gasteiger partial charge in [-0.15, -0.1) is 0 Å². The first-order valence-electron chi connectivity index (χ1n) is 13.0. The molecule has 1 amide bonds. The number of hydrogen-bond acceptors (Lipinski definition) is 9. The minimum atomic E-state index is -0.189. The van der Waals surface area contributed by atoms with Crippen LogP contribution in [-0.2, 0) is 9.53 Å². The second-order valence-electron chi connectivity index (χ2n) is 9.43. The Hall–Kier alpha value is -4.20. The summed E-state index contributed by atoms with van der Waals surface area (Å²) in [5, 5.41) is 15.6. The van der Waals surface area contributed by atoms with Crippen LogP contribution in [0.15, 0.2) is 48.7 Å². The van der Waals surface area contributed by atoms with E-state index in [0.717, 1.165) is 50.5 Å². The molecule has 0 spiro atoms. The molecule has 10 nitrogen and oxygen atoms in total. The Kier molecular flexibility index (Phi) is 9.67. The second-order valence-corrected chi connectivity index (χ2v) is 9.43. The number of amides is 1. The second kappa shape index (κ2) is 13.6. The number of methoxy groups -OCH3 is 1. The highest BCUT2D eigenvalue weighted by Crippen LogP contribution is 2.32. The van der Waals surface area contributed by atoms with Gasteiger partial charge in [-0.3, -0.25) is 9.69 Å². The lowest BCUT2D eigenvalue weighted by atomic mass is 10.1. The van der Waals surface area contributed by atoms with E-state index < -0.39 is 0 Å². The van der Waals surface area contributed by atoms with Crippen LogP contribution < -0.4 is 20.1 Å². The maximum atomic E-state index is 12.1. The van der Waals surface area contributed by atoms with Crippen molar-refractivity contribution in [2.24, 2.45) is 5.92 Å². The van der Waals surface area contributed by atoms with Crippen molar-refractivity contribution in [3.63, 3.8) is 0 Å². The Balaban J connectivity index is 1.43. The molecule has 0 atom stereocenters. The number of carbonyl (C=O) groups is 1. The van der Waals surface area contributed by atoms with Gasteiger partial charge in [0.2, 0.25) is 11.9 Å². The number of benzene rings is 2. The molecule has 0 radical (unpaired) electrons. The van der Waals surface area contributed by atoms with Gasteiger partial charge in [0.1, 0.15) is 6.07 Å². The quantitative estimate of drug-likeness (QED) is 0.346. The number of rotatable bonds is 11. The highest BCUT2D eigenvalue weighted by molar-refractivity contribution is 5.93. The summed E-state index contributed by atoms with van der Waals surface area (Å²) in [6.45, 7) is 8.61. The van der Waals surface area contributed by atoms with Crippen LogP contribution in [0.4, 0.5) is 17.3 Å². The summed E-state index contributed by atoms with van der Waals surface area (Å²) in [6, 6.07) is 14.7. The van der Waals surface area contributed by atoms with Gasteiger partial charge in [-0.25, -0.2) is 9.97 Å². The van der Waals surface area contributed by atoms with Crippen LogP contribution >= 0.6 is 0 Å². The van der Waals surface area contributed by atoms with E-state index in [1.807, 2.05) is 24.3 Å². The molecule has 1 aliphatic rings. The van der Waals surface area contributed by atoms with Gasteiger partial charge in [0.15, 0.2) is 11.5 Å². The molecule has 0 unspecified atom stereocenters. The molecule has 1 saturated heterocycles. The van der Waals surface area contributed by atoms with Crippen LogP contribution in [0.5, 0.6) is 11.5 Å². The van der Waals surface area contributed by atoms with Gasteiger partial charge in [-0.2, -0.15) is 5.26 Å². The number of nitrogens with zero attached hydrogens (tertiary/aromatic N) is 4. The first-order valence-corrected chi connectivity index (χ1v) is 13.0. The van der Waals surface area contributed by atoms with E-state index in [-0.39, 0.29) is 11.8 Å². The van der Waals surface area contributed by atoms with E-state index in [2.05, 4.69) is 31.6 Å². The van der Waals surface area contributed by atoms with Crippen LogP contribution in [0.3, 0.4) is 0 Å². The summed E-state index contributed by atoms with van der Waals surface area (Å²) in [4.78, 5) is 23.4. The van der Waals surface area contributed by atoms with Crippen molar-refractivity contribution in [3.05, 3.63) is 54.2 Å². The first kappa shape index (κ1) is 27.8. The average Bonchev–Trinajstić information content (AvgIpc) is 2.96. The van der Waals surface area contributed by atoms with Crippen molar-refractivity contribution in [2.75, 3.05) is 57.2 Å². The number of ether oxygens (including phenoxy) is 3. The van der Waals surface area contributed by atoms with Crippen molar-refractivity contribution < 1.29 is 19.0 Å². The molecule has 1 aromatic heterocycles. The SMILES string of the molecule is COc1ccc(Nc2nccc(-c3ccc(NC(=O)C(C)C)c(C#N)c3)n2)cc1OCCCN1CCOCC1. The monoisotopic (exact) mass is 530 g/mol. The zero-order chi connectivity index (χ0) is 27.6. The molecule has 0 aliphatic carbocycles. The van der Waals surface area contributed by atoms with Gasteiger partial charge in [0.25, 0.3) is 0 Å². The first-order chi connectivity index (χ1) is 19.0. The van der Waals surface area contributed by atoms with Crippen molar-refractivity contribution in [1.82, 2.24) is 14.9 Å². The van der Waals surface area contributed by atoms with Crippen molar-refractivity contribution in [2.45, 2.75) is 20.3 Å². The van der Waals surface area contributed by atoms with E-state index >= 15 is 0 Å². The minimum absolute atomic E-state index is 0.146. The topological polar surface area (TPSA) is 122 Å². The van der Waals surface area contributed by atoms with Gasteiger partial charge in [0, 0.05) is 49.1 Å². The number of morpholine rings is 1. The largest absolute Gasteiger partial charge is 0.493 e. The summed E-state index contributed by atoms with van der Waals surface area (Å²) in [5.41, 5.74) is 2.96. The van der Waals surface area contributed by atoms with Crippen LogP contribution in [0.2, 0.25) is 0 Å². The molecule has 0 bridgehead atoms. The number of nitriles is 1. The van der Waals surface area contributed by atoms with E-state index in [1.54, 1.807) is 45.4 Å². The zero-order valence-corrected chi connectivity index (χ0v) is 22.6. The minimum Gasteiger partial charge on any atom is -0.493 e. The Morgan fingerprint density at radius 2 is 1.97 bits per heavy atom. The van der Waals surface area contributed by atoms with Crippen LogP contribution in [-0.4, -0.2) is 67.3 Å². The van der Waals surface area contributed by atoms with Crippen molar-refractivity contribution in [1.29, 1.82) is 5.26 Å². The van der Waals surface area contributed by atoms with E-state index in [1.165, 1.54) is 0 Å². The lowest BCUT2D eigenvalue weighted by molar-refractivity contribution is -0.118. The van der Waals surface area contributed by atoms with Gasteiger partial charge in [-0.05, 0) is 36.8 Å². The number of carbonyl (C=O) groups excluding carboxylic acids is 1. The van der Waals surface area contributed by atoms with Crippen molar-refractivity contribution >= 4 is 23.2 Å². The molecule has 3 aromatic rings. The summed E-state index contributed by atoms with van der Waals surface area (Å²) in [7, 11) is 1.62. The lowest BCUT2D eigenvalue weighted by Crippen LogP contribution is -2.37. The van der Waals surface area contributed by atoms with Gasteiger partial charge in [0.05, 0.1) is 43.9 Å². The summed E-state index contributed by atoms with van der Waals surface area (Å²) in [6.07, 6.45) is 2.55. The molecule has 10 heteroatoms. The molecule has 1 fully saturated rings. The van der Waals surface area contributed by atoms with Crippen molar-refractivity contribution in [3.8, 4) is 28.8 Å². The maximum absolute atomic E-state index is 12.1. The van der Waals surface area contributed by atoms with Crippen LogP contribution in [0, 0.1) is 17.2 Å². The Morgan fingerprint density at radius 3 is 2.72 bits per heavy atom. The predicted molar refractivity (Wildman–Crippen MR) is 149 cm³/mol. The van der Waals surface area contributed by atoms with E-state index in [9.17, 15) is 10.1 Å². The summed E-state index contributed by atoms with van der Waals surface area (Å²) in [5.74, 6) is 1.35. The van der Waals surface area contributed by atoms with E-state index in [0.29, 0.717) is 41.0 Å². The molecule has 1 aliphatic heterocycles. The summed E-state index contributed by atoms with van der Waals surface area (Å²) >= 11 is 0. The normalized spacial score (nSPS) is 13.5. The Labute approximate surface area is 228 Å². The molecule has 0 saturated carbocycles. The highest BCUT2D eigenvalue weighted by atomic mass is 16.5. The number of nitrogens with one attached hydrogen (secondary N) is 2.